The lowest BCUT2D eigenvalue weighted by atomic mass is 9.70. The molecule has 0 aromatic heterocycles. The molecule has 0 saturated carbocycles. The van der Waals surface area contributed by atoms with Crippen LogP contribution in [-0.2, 0) is 14.4 Å². The van der Waals surface area contributed by atoms with E-state index in [4.69, 9.17) is 4.74 Å². The Bertz CT molecular complexity index is 1200. The maximum absolute atomic E-state index is 14.6. The topological polar surface area (TPSA) is 90.4 Å². The molecule has 10 heteroatoms. The van der Waals surface area contributed by atoms with Gasteiger partial charge in [-0.15, -0.1) is 24.9 Å². The van der Waals surface area contributed by atoms with Crippen LogP contribution in [0.25, 0.3) is 0 Å². The number of hydrogen-bond acceptors (Lipinski definition) is 6. The zero-order valence-corrected chi connectivity index (χ0v) is 28.7. The van der Waals surface area contributed by atoms with Crippen LogP contribution in [0.2, 0.25) is 0 Å². The van der Waals surface area contributed by atoms with E-state index in [9.17, 15) is 19.5 Å². The number of alkyl halides is 1. The molecular weight excluding hydrogens is 642 g/mol. The highest BCUT2D eigenvalue weighted by atomic mass is 79.9. The van der Waals surface area contributed by atoms with Crippen molar-refractivity contribution in [2.45, 2.75) is 86.2 Å². The van der Waals surface area contributed by atoms with Gasteiger partial charge < -0.3 is 24.5 Å². The Morgan fingerprint density at radius 1 is 1.16 bits per heavy atom. The highest BCUT2D eigenvalue weighted by Crippen LogP contribution is 2.68. The third-order valence-corrected chi connectivity index (χ3v) is 12.5. The zero-order valence-electron chi connectivity index (χ0n) is 26.3. The fourth-order valence-corrected chi connectivity index (χ4v) is 11.0. The molecule has 3 heterocycles. The number of likely N-dealkylation sites (tertiary alicyclic amines) is 1. The molecule has 3 aliphatic heterocycles. The van der Waals surface area contributed by atoms with Gasteiger partial charge >= 0.3 is 0 Å². The molecule has 2 bridgehead atoms. The summed E-state index contributed by atoms with van der Waals surface area (Å²) >= 11 is 5.56. The minimum Gasteiger partial charge on any atom is -0.494 e. The van der Waals surface area contributed by atoms with Crippen molar-refractivity contribution in [2.24, 2.45) is 11.8 Å². The Balaban J connectivity index is 1.74. The first-order valence-electron chi connectivity index (χ1n) is 16.0. The Morgan fingerprint density at radius 3 is 2.48 bits per heavy atom. The first-order chi connectivity index (χ1) is 21.2. The van der Waals surface area contributed by atoms with Crippen molar-refractivity contribution in [1.29, 1.82) is 0 Å². The lowest BCUT2D eigenvalue weighted by molar-refractivity contribution is -0.143. The van der Waals surface area contributed by atoms with E-state index >= 15 is 0 Å². The van der Waals surface area contributed by atoms with Crippen LogP contribution >= 0.6 is 27.7 Å². The van der Waals surface area contributed by atoms with E-state index in [1.807, 2.05) is 36.1 Å². The van der Waals surface area contributed by atoms with Gasteiger partial charge in [-0.3, -0.25) is 14.4 Å². The van der Waals surface area contributed by atoms with Crippen LogP contribution < -0.4 is 9.64 Å². The molecule has 1 aromatic carbocycles. The summed E-state index contributed by atoms with van der Waals surface area (Å²) < 4.78 is 4.89. The number of benzene rings is 1. The van der Waals surface area contributed by atoms with Crippen LogP contribution in [-0.4, -0.2) is 92.4 Å². The molecule has 7 atom stereocenters. The number of aliphatic hydroxyl groups is 1. The van der Waals surface area contributed by atoms with Crippen molar-refractivity contribution in [1.82, 2.24) is 9.80 Å². The smallest absolute Gasteiger partial charge is 0.247 e. The van der Waals surface area contributed by atoms with Crippen molar-refractivity contribution >= 4 is 51.1 Å². The monoisotopic (exact) mass is 689 g/mol. The second-order valence-corrected chi connectivity index (χ2v) is 14.8. The van der Waals surface area contributed by atoms with Gasteiger partial charge in [0.15, 0.2) is 0 Å². The third-order valence-electron chi connectivity index (χ3n) is 9.25. The van der Waals surface area contributed by atoms with Gasteiger partial charge in [-0.05, 0) is 70.2 Å². The molecule has 1 aromatic rings. The van der Waals surface area contributed by atoms with Gasteiger partial charge in [0.2, 0.25) is 17.7 Å². The molecule has 3 saturated heterocycles. The Hall–Kier alpha value is -2.30. The van der Waals surface area contributed by atoms with E-state index in [0.717, 1.165) is 30.7 Å². The lowest BCUT2D eigenvalue weighted by Gasteiger charge is -2.40. The molecular formula is C34H48BrN3O5S. The van der Waals surface area contributed by atoms with Crippen LogP contribution in [0.4, 0.5) is 5.69 Å². The fraction of sp³-hybridized carbons (Fsp3) is 0.618. The molecule has 1 spiro atoms. The van der Waals surface area contributed by atoms with Gasteiger partial charge in [-0.25, -0.2) is 0 Å². The number of amides is 3. The second-order valence-electron chi connectivity index (χ2n) is 12.1. The second kappa shape index (κ2) is 15.3. The summed E-state index contributed by atoms with van der Waals surface area (Å²) in [6.45, 7) is 15.7. The van der Waals surface area contributed by atoms with E-state index in [1.54, 1.807) is 33.7 Å². The summed E-state index contributed by atoms with van der Waals surface area (Å²) in [6, 6.07) is 6.76. The van der Waals surface area contributed by atoms with Gasteiger partial charge in [-0.1, -0.05) is 41.4 Å². The SMILES string of the molecule is C=CCN(C(=O)[C@H]1[C@H]2C(=O)N(CCCCCO)C(C(=O)N(CC=C)C(C)CCC)C23CC(Br)[C@@H]1S3)c1ccc(OCC)cc1. The molecule has 4 rings (SSSR count). The van der Waals surface area contributed by atoms with E-state index in [-0.39, 0.29) is 40.4 Å². The predicted octanol–water partition coefficient (Wildman–Crippen LogP) is 5.43. The number of rotatable bonds is 17. The lowest BCUT2D eigenvalue weighted by Crippen LogP contribution is -2.57. The van der Waals surface area contributed by atoms with Gasteiger partial charge in [0.25, 0.3) is 0 Å². The number of nitrogens with zero attached hydrogens (tertiary/aromatic N) is 3. The number of fused-ring (bicyclic) bond motifs is 1. The quantitative estimate of drug-likeness (QED) is 0.133. The van der Waals surface area contributed by atoms with Gasteiger partial charge in [0, 0.05) is 48.0 Å². The third kappa shape index (κ3) is 6.49. The summed E-state index contributed by atoms with van der Waals surface area (Å²) in [4.78, 5) is 49.1. The fourth-order valence-electron chi connectivity index (χ4n) is 7.38. The Morgan fingerprint density at radius 2 is 1.86 bits per heavy atom. The summed E-state index contributed by atoms with van der Waals surface area (Å²) in [5.74, 6) is -0.746. The molecule has 242 valence electrons. The number of thioether (sulfide) groups is 1. The van der Waals surface area contributed by atoms with Crippen molar-refractivity contribution in [3.8, 4) is 5.75 Å². The van der Waals surface area contributed by atoms with Crippen molar-refractivity contribution in [2.75, 3.05) is 37.7 Å². The van der Waals surface area contributed by atoms with Crippen molar-refractivity contribution in [3.05, 3.63) is 49.6 Å². The molecule has 3 fully saturated rings. The Labute approximate surface area is 275 Å². The standard InChI is InChI=1S/C34H48BrN3O5S/c1-6-13-23(5)36(18-7-2)33(42)30-34-22-26(35)29(44-34)27(28(34)32(41)38(30)20-11-10-12-21-39)31(40)37(19-8-3)24-14-16-25(17-15-24)43-9-4/h7-8,14-17,23,26-30,39H,2-3,6,9-13,18-22H2,1,4-5H3/t23?,26?,27-,28-,29-,30?,34?/m0/s1. The summed E-state index contributed by atoms with van der Waals surface area (Å²) in [6.07, 6.45) is 7.97. The number of anilines is 1. The number of carbonyl (C=O) groups is 3. The molecule has 0 radical (unpaired) electrons. The maximum Gasteiger partial charge on any atom is 0.247 e. The van der Waals surface area contributed by atoms with Gasteiger partial charge in [-0.2, -0.15) is 0 Å². The predicted molar refractivity (Wildman–Crippen MR) is 181 cm³/mol. The molecule has 1 N–H and O–H groups in total. The first-order valence-corrected chi connectivity index (χ1v) is 17.8. The molecule has 3 amide bonds. The number of ether oxygens (including phenoxy) is 1. The minimum absolute atomic E-state index is 0.00386. The first kappa shape index (κ1) is 34.6. The maximum atomic E-state index is 14.6. The van der Waals surface area contributed by atoms with E-state index < -0.39 is 22.6 Å². The van der Waals surface area contributed by atoms with Crippen LogP contribution in [0.1, 0.15) is 59.3 Å². The normalized spacial score (nSPS) is 27.6. The average molecular weight is 691 g/mol. The summed E-state index contributed by atoms with van der Waals surface area (Å²) in [5.41, 5.74) is 0.718. The highest BCUT2D eigenvalue weighted by Gasteiger charge is 2.76. The molecule has 3 aliphatic rings. The van der Waals surface area contributed by atoms with Gasteiger partial charge in [0.05, 0.1) is 23.2 Å². The van der Waals surface area contributed by atoms with E-state index in [2.05, 4.69) is 42.9 Å². The largest absolute Gasteiger partial charge is 0.494 e. The Kier molecular flexibility index (Phi) is 12.0. The van der Waals surface area contributed by atoms with E-state index in [1.165, 1.54) is 0 Å². The number of unbranched alkanes of at least 4 members (excludes halogenated alkanes) is 2. The van der Waals surface area contributed by atoms with E-state index in [0.29, 0.717) is 45.5 Å². The molecule has 44 heavy (non-hydrogen) atoms. The number of halogens is 1. The van der Waals surface area contributed by atoms with Crippen LogP contribution in [0, 0.1) is 11.8 Å². The van der Waals surface area contributed by atoms with Gasteiger partial charge in [0.1, 0.15) is 11.8 Å². The number of hydrogen-bond donors (Lipinski definition) is 1. The summed E-state index contributed by atoms with van der Waals surface area (Å²) in [5, 5.41) is 9.21. The number of carbonyl (C=O) groups excluding carboxylic acids is 3. The summed E-state index contributed by atoms with van der Waals surface area (Å²) in [7, 11) is 0. The molecule has 8 nitrogen and oxygen atoms in total. The molecule has 4 unspecified atom stereocenters. The molecule has 0 aliphatic carbocycles. The van der Waals surface area contributed by atoms with Crippen molar-refractivity contribution in [3.63, 3.8) is 0 Å². The highest BCUT2D eigenvalue weighted by molar-refractivity contribution is 9.09. The zero-order chi connectivity index (χ0) is 32.0. The van der Waals surface area contributed by atoms with Crippen molar-refractivity contribution < 1.29 is 24.2 Å². The van der Waals surface area contributed by atoms with Crippen LogP contribution in [0.3, 0.4) is 0 Å². The average Bonchev–Trinajstić information content (AvgIpc) is 3.60. The number of aliphatic hydroxyl groups excluding tert-OH is 1. The van der Waals surface area contributed by atoms with Crippen LogP contribution in [0.5, 0.6) is 5.75 Å². The van der Waals surface area contributed by atoms with Crippen LogP contribution in [0.15, 0.2) is 49.6 Å². The minimum atomic E-state index is -0.714.